The maximum Gasteiger partial charge on any atom is 0.341 e. The van der Waals surface area contributed by atoms with Gasteiger partial charge in [-0.2, -0.15) is 0 Å². The molecule has 30 heavy (non-hydrogen) atoms. The average molecular weight is 408 g/mol. The molecule has 0 radical (unpaired) electrons. The first-order valence-corrected chi connectivity index (χ1v) is 10.6. The van der Waals surface area contributed by atoms with Crippen LogP contribution in [0.25, 0.3) is 10.9 Å². The van der Waals surface area contributed by atoms with Crippen molar-refractivity contribution in [2.45, 2.75) is 26.3 Å². The van der Waals surface area contributed by atoms with E-state index in [2.05, 4.69) is 62.3 Å². The Labute approximate surface area is 177 Å². The minimum atomic E-state index is -0.375. The number of esters is 1. The Hall–Kier alpha value is -2.93. The molecule has 0 unspecified atom stereocenters. The molecule has 3 heterocycles. The Morgan fingerprint density at radius 2 is 1.93 bits per heavy atom. The second-order valence-electron chi connectivity index (χ2n) is 7.84. The first-order chi connectivity index (χ1) is 14.7. The minimum absolute atomic E-state index is 0.350. The van der Waals surface area contributed by atoms with Gasteiger partial charge in [0.15, 0.2) is 0 Å². The highest BCUT2D eigenvalue weighted by Gasteiger charge is 2.21. The molecule has 1 fully saturated rings. The fourth-order valence-corrected chi connectivity index (χ4v) is 4.12. The van der Waals surface area contributed by atoms with Gasteiger partial charge in [0.2, 0.25) is 5.95 Å². The number of nitrogens with one attached hydrogen (secondary N) is 1. The lowest BCUT2D eigenvalue weighted by molar-refractivity contribution is 0.0525. The zero-order valence-electron chi connectivity index (χ0n) is 17.7. The first kappa shape index (κ1) is 20.3. The summed E-state index contributed by atoms with van der Waals surface area (Å²) in [5, 5.41) is 4.97. The molecule has 1 saturated heterocycles. The molecule has 0 atom stereocenters. The number of rotatable bonds is 7. The van der Waals surface area contributed by atoms with Crippen LogP contribution in [0.15, 0.2) is 42.9 Å². The number of ether oxygens (including phenoxy) is 1. The van der Waals surface area contributed by atoms with Gasteiger partial charge in [-0.15, -0.1) is 0 Å². The lowest BCUT2D eigenvalue weighted by Crippen LogP contribution is -2.38. The molecule has 1 aromatic carbocycles. The molecule has 0 bridgehead atoms. The number of fused-ring (bicyclic) bond motifs is 1. The quantitative estimate of drug-likeness (QED) is 0.607. The molecule has 7 nitrogen and oxygen atoms in total. The summed E-state index contributed by atoms with van der Waals surface area (Å²) < 4.78 is 7.17. The van der Waals surface area contributed by atoms with Crippen LogP contribution in [-0.2, 0) is 18.3 Å². The molecule has 7 heteroatoms. The monoisotopic (exact) mass is 407 g/mol. The smallest absolute Gasteiger partial charge is 0.341 e. The third kappa shape index (κ3) is 4.46. The zero-order valence-corrected chi connectivity index (χ0v) is 17.7. The molecule has 4 rings (SSSR count). The summed E-state index contributed by atoms with van der Waals surface area (Å²) in [5.41, 5.74) is 3.02. The van der Waals surface area contributed by atoms with Gasteiger partial charge in [-0.25, -0.2) is 14.8 Å². The van der Waals surface area contributed by atoms with Crippen molar-refractivity contribution in [3.63, 3.8) is 0 Å². The van der Waals surface area contributed by atoms with Crippen LogP contribution in [0.4, 0.5) is 5.95 Å². The van der Waals surface area contributed by atoms with Crippen molar-refractivity contribution in [3.8, 4) is 0 Å². The Morgan fingerprint density at radius 1 is 1.20 bits per heavy atom. The Bertz CT molecular complexity index is 991. The fourth-order valence-electron chi connectivity index (χ4n) is 4.12. The van der Waals surface area contributed by atoms with E-state index in [0.29, 0.717) is 24.0 Å². The topological polar surface area (TPSA) is 72.3 Å². The molecule has 0 saturated carbocycles. The van der Waals surface area contributed by atoms with Crippen molar-refractivity contribution in [1.82, 2.24) is 19.9 Å². The van der Waals surface area contributed by atoms with Crippen molar-refractivity contribution in [1.29, 1.82) is 0 Å². The molecule has 2 aromatic heterocycles. The molecule has 158 valence electrons. The zero-order chi connectivity index (χ0) is 20.9. The van der Waals surface area contributed by atoms with Crippen molar-refractivity contribution in [2.24, 2.45) is 13.0 Å². The molecular weight excluding hydrogens is 378 g/mol. The second kappa shape index (κ2) is 9.26. The van der Waals surface area contributed by atoms with Crippen LogP contribution in [0.3, 0.4) is 0 Å². The number of hydrogen-bond acceptors (Lipinski definition) is 6. The van der Waals surface area contributed by atoms with Crippen molar-refractivity contribution >= 4 is 22.8 Å². The Morgan fingerprint density at radius 3 is 2.67 bits per heavy atom. The third-order valence-electron chi connectivity index (χ3n) is 5.77. The summed E-state index contributed by atoms with van der Waals surface area (Å²) in [5.74, 6) is 0.959. The predicted octanol–water partition coefficient (Wildman–Crippen LogP) is 3.15. The molecular formula is C23H29N5O2. The summed E-state index contributed by atoms with van der Waals surface area (Å²) in [7, 11) is 2.10. The number of hydrogen-bond donors (Lipinski definition) is 1. The van der Waals surface area contributed by atoms with E-state index in [1.165, 1.54) is 16.5 Å². The third-order valence-corrected chi connectivity index (χ3v) is 5.77. The van der Waals surface area contributed by atoms with Gasteiger partial charge in [0.25, 0.3) is 0 Å². The van der Waals surface area contributed by atoms with E-state index in [1.54, 1.807) is 19.3 Å². The first-order valence-electron chi connectivity index (χ1n) is 10.6. The summed E-state index contributed by atoms with van der Waals surface area (Å²) in [4.78, 5) is 22.6. The number of carbonyl (C=O) groups excluding carboxylic acids is 1. The van der Waals surface area contributed by atoms with Crippen LogP contribution in [0.2, 0.25) is 0 Å². The fraction of sp³-hybridized carbons (Fsp3) is 0.435. The maximum atomic E-state index is 11.7. The molecule has 0 amide bonds. The van der Waals surface area contributed by atoms with Gasteiger partial charge in [0.05, 0.1) is 12.2 Å². The molecule has 0 aliphatic carbocycles. The van der Waals surface area contributed by atoms with E-state index in [-0.39, 0.29) is 5.97 Å². The highest BCUT2D eigenvalue weighted by molar-refractivity contribution is 5.88. The summed E-state index contributed by atoms with van der Waals surface area (Å²) in [6.45, 7) is 5.90. The lowest BCUT2D eigenvalue weighted by atomic mass is 9.97. The van der Waals surface area contributed by atoms with E-state index in [1.807, 2.05) is 0 Å². The van der Waals surface area contributed by atoms with Gasteiger partial charge in [-0.05, 0) is 43.9 Å². The lowest BCUT2D eigenvalue weighted by Gasteiger charge is -2.32. The SMILES string of the molecule is CCOC(=O)c1cnc(N2CCC(CNCc3cn(C)c4ccccc34)CC2)nc1. The van der Waals surface area contributed by atoms with Crippen LogP contribution < -0.4 is 10.2 Å². The minimum Gasteiger partial charge on any atom is -0.462 e. The average Bonchev–Trinajstić information content (AvgIpc) is 3.10. The highest BCUT2D eigenvalue weighted by Crippen LogP contribution is 2.22. The number of benzene rings is 1. The van der Waals surface area contributed by atoms with Crippen LogP contribution in [0.5, 0.6) is 0 Å². The number of aryl methyl sites for hydroxylation is 1. The van der Waals surface area contributed by atoms with Crippen LogP contribution in [0, 0.1) is 5.92 Å². The summed E-state index contributed by atoms with van der Waals surface area (Å²) in [6.07, 6.45) is 7.53. The normalized spacial score (nSPS) is 14.9. The summed E-state index contributed by atoms with van der Waals surface area (Å²) >= 11 is 0. The van der Waals surface area contributed by atoms with Crippen LogP contribution in [0.1, 0.15) is 35.7 Å². The van der Waals surface area contributed by atoms with Crippen molar-refractivity contribution in [2.75, 3.05) is 31.1 Å². The second-order valence-corrected chi connectivity index (χ2v) is 7.84. The van der Waals surface area contributed by atoms with E-state index >= 15 is 0 Å². The molecule has 1 N–H and O–H groups in total. The Balaban J connectivity index is 1.25. The largest absolute Gasteiger partial charge is 0.462 e. The Kier molecular flexibility index (Phi) is 6.28. The predicted molar refractivity (Wildman–Crippen MR) is 118 cm³/mol. The molecule has 1 aliphatic heterocycles. The van der Waals surface area contributed by atoms with E-state index in [4.69, 9.17) is 4.74 Å². The summed E-state index contributed by atoms with van der Waals surface area (Å²) in [6, 6.07) is 8.54. The van der Waals surface area contributed by atoms with Gasteiger partial charge in [0.1, 0.15) is 0 Å². The standard InChI is InChI=1S/C23H29N5O2/c1-3-30-22(29)18-14-25-23(26-15-18)28-10-8-17(9-11-28)12-24-13-19-16-27(2)21-7-5-4-6-20(19)21/h4-7,14-17,24H,3,8-13H2,1-2H3. The molecule has 1 aliphatic rings. The number of anilines is 1. The molecule has 0 spiro atoms. The number of aromatic nitrogens is 3. The number of piperidine rings is 1. The van der Waals surface area contributed by atoms with Crippen LogP contribution in [-0.4, -0.2) is 46.7 Å². The van der Waals surface area contributed by atoms with E-state index in [0.717, 1.165) is 39.0 Å². The van der Waals surface area contributed by atoms with Crippen LogP contribution >= 0.6 is 0 Å². The van der Waals surface area contributed by atoms with E-state index in [9.17, 15) is 4.79 Å². The number of nitrogens with zero attached hydrogens (tertiary/aromatic N) is 4. The molecule has 3 aromatic rings. The van der Waals surface area contributed by atoms with Gasteiger partial charge >= 0.3 is 5.97 Å². The van der Waals surface area contributed by atoms with Crippen molar-refractivity contribution < 1.29 is 9.53 Å². The van der Waals surface area contributed by atoms with Gasteiger partial charge in [0, 0.05) is 56.2 Å². The van der Waals surface area contributed by atoms with Gasteiger partial charge in [-0.3, -0.25) is 0 Å². The van der Waals surface area contributed by atoms with E-state index < -0.39 is 0 Å². The van der Waals surface area contributed by atoms with Gasteiger partial charge in [-0.1, -0.05) is 18.2 Å². The number of carbonyl (C=O) groups is 1. The van der Waals surface area contributed by atoms with Crippen molar-refractivity contribution in [3.05, 3.63) is 54.0 Å². The van der Waals surface area contributed by atoms with Gasteiger partial charge < -0.3 is 19.5 Å². The number of para-hydroxylation sites is 1. The maximum absolute atomic E-state index is 11.7. The highest BCUT2D eigenvalue weighted by atomic mass is 16.5.